The molecule has 2 N–H and O–H groups in total. The molecular formula is C24H24N4O3S. The van der Waals surface area contributed by atoms with Gasteiger partial charge in [0.25, 0.3) is 5.91 Å². The SMILES string of the molecule is Cc1nc(-c2ccc(CCNC(=O)CN3C(=O)N[C@@](C)(c4ccccc4)C3=O)cc2)cs1. The maximum Gasteiger partial charge on any atom is 0.325 e. The van der Waals surface area contributed by atoms with Gasteiger partial charge < -0.3 is 10.6 Å². The number of nitrogens with zero attached hydrogens (tertiary/aromatic N) is 2. The first-order chi connectivity index (χ1) is 15.4. The van der Waals surface area contributed by atoms with Crippen molar-refractivity contribution in [2.24, 2.45) is 0 Å². The summed E-state index contributed by atoms with van der Waals surface area (Å²) in [5.41, 5.74) is 2.60. The van der Waals surface area contributed by atoms with Crippen LogP contribution in [0.4, 0.5) is 4.79 Å². The average molecular weight is 449 g/mol. The zero-order chi connectivity index (χ0) is 22.7. The van der Waals surface area contributed by atoms with E-state index in [9.17, 15) is 14.4 Å². The summed E-state index contributed by atoms with van der Waals surface area (Å²) < 4.78 is 0. The Morgan fingerprint density at radius 3 is 2.50 bits per heavy atom. The van der Waals surface area contributed by atoms with Crippen LogP contribution in [-0.2, 0) is 21.5 Å². The smallest absolute Gasteiger partial charge is 0.325 e. The molecule has 0 unspecified atom stereocenters. The summed E-state index contributed by atoms with van der Waals surface area (Å²) >= 11 is 1.62. The van der Waals surface area contributed by atoms with Crippen molar-refractivity contribution in [1.82, 2.24) is 20.5 Å². The average Bonchev–Trinajstić information content (AvgIpc) is 3.32. The lowest BCUT2D eigenvalue weighted by Crippen LogP contribution is -2.43. The number of hydrogen-bond acceptors (Lipinski definition) is 5. The third-order valence-electron chi connectivity index (χ3n) is 5.53. The second-order valence-electron chi connectivity index (χ2n) is 7.86. The number of benzene rings is 2. The minimum atomic E-state index is -1.17. The van der Waals surface area contributed by atoms with Crippen molar-refractivity contribution < 1.29 is 14.4 Å². The van der Waals surface area contributed by atoms with Crippen LogP contribution >= 0.6 is 11.3 Å². The molecule has 0 aliphatic carbocycles. The zero-order valence-electron chi connectivity index (χ0n) is 17.9. The molecular weight excluding hydrogens is 424 g/mol. The molecule has 1 saturated heterocycles. The lowest BCUT2D eigenvalue weighted by atomic mass is 9.92. The molecule has 164 valence electrons. The zero-order valence-corrected chi connectivity index (χ0v) is 18.7. The molecule has 4 rings (SSSR count). The van der Waals surface area contributed by atoms with Crippen molar-refractivity contribution in [3.8, 4) is 11.3 Å². The van der Waals surface area contributed by atoms with Gasteiger partial charge in [-0.05, 0) is 31.4 Å². The molecule has 1 fully saturated rings. The van der Waals surface area contributed by atoms with Gasteiger partial charge in [0, 0.05) is 17.5 Å². The Bertz CT molecular complexity index is 1140. The number of urea groups is 1. The van der Waals surface area contributed by atoms with Crippen LogP contribution < -0.4 is 10.6 Å². The summed E-state index contributed by atoms with van der Waals surface area (Å²) in [7, 11) is 0. The highest BCUT2D eigenvalue weighted by atomic mass is 32.1. The van der Waals surface area contributed by atoms with E-state index in [-0.39, 0.29) is 12.5 Å². The Kier molecular flexibility index (Phi) is 6.05. The van der Waals surface area contributed by atoms with Gasteiger partial charge in [-0.3, -0.25) is 14.5 Å². The lowest BCUT2D eigenvalue weighted by Gasteiger charge is -2.22. The number of thiazole rings is 1. The lowest BCUT2D eigenvalue weighted by molar-refractivity contribution is -0.134. The molecule has 1 atom stereocenters. The molecule has 7 nitrogen and oxygen atoms in total. The molecule has 32 heavy (non-hydrogen) atoms. The van der Waals surface area contributed by atoms with Crippen LogP contribution in [0.3, 0.4) is 0 Å². The van der Waals surface area contributed by atoms with Crippen LogP contribution in [-0.4, -0.2) is 40.8 Å². The van der Waals surface area contributed by atoms with Crippen molar-refractivity contribution in [2.75, 3.05) is 13.1 Å². The first-order valence-corrected chi connectivity index (χ1v) is 11.2. The monoisotopic (exact) mass is 448 g/mol. The van der Waals surface area contributed by atoms with Crippen molar-refractivity contribution in [1.29, 1.82) is 0 Å². The number of carbonyl (C=O) groups excluding carboxylic acids is 3. The van der Waals surface area contributed by atoms with Crippen LogP contribution in [0.25, 0.3) is 11.3 Å². The van der Waals surface area contributed by atoms with Crippen molar-refractivity contribution in [3.05, 3.63) is 76.1 Å². The Hall–Kier alpha value is -3.52. The number of carbonyl (C=O) groups is 3. The van der Waals surface area contributed by atoms with Gasteiger partial charge in [-0.2, -0.15) is 0 Å². The Morgan fingerprint density at radius 1 is 1.12 bits per heavy atom. The van der Waals surface area contributed by atoms with Gasteiger partial charge in [-0.1, -0.05) is 54.6 Å². The molecule has 4 amide bonds. The molecule has 0 bridgehead atoms. The Balaban J connectivity index is 1.29. The maximum atomic E-state index is 12.9. The summed E-state index contributed by atoms with van der Waals surface area (Å²) in [6.07, 6.45) is 0.643. The first kappa shape index (κ1) is 21.7. The van der Waals surface area contributed by atoms with Gasteiger partial charge in [0.1, 0.15) is 12.1 Å². The van der Waals surface area contributed by atoms with Crippen molar-refractivity contribution >= 4 is 29.2 Å². The minimum absolute atomic E-state index is 0.310. The van der Waals surface area contributed by atoms with E-state index in [4.69, 9.17) is 0 Å². The van der Waals surface area contributed by atoms with Crippen LogP contribution in [0, 0.1) is 6.92 Å². The topological polar surface area (TPSA) is 91.4 Å². The summed E-state index contributed by atoms with van der Waals surface area (Å²) in [4.78, 5) is 43.1. The van der Waals surface area contributed by atoms with Gasteiger partial charge in [-0.15, -0.1) is 11.3 Å². The van der Waals surface area contributed by atoms with E-state index in [1.54, 1.807) is 42.5 Å². The third-order valence-corrected chi connectivity index (χ3v) is 6.31. The van der Waals surface area contributed by atoms with Gasteiger partial charge in [0.15, 0.2) is 0 Å². The van der Waals surface area contributed by atoms with E-state index in [1.807, 2.05) is 42.6 Å². The maximum absolute atomic E-state index is 12.9. The number of aryl methyl sites for hydroxylation is 1. The fourth-order valence-electron chi connectivity index (χ4n) is 3.69. The predicted octanol–water partition coefficient (Wildman–Crippen LogP) is 3.24. The molecule has 0 spiro atoms. The highest BCUT2D eigenvalue weighted by Gasteiger charge is 2.49. The molecule has 1 aliphatic heterocycles. The van der Waals surface area contributed by atoms with E-state index < -0.39 is 17.5 Å². The van der Waals surface area contributed by atoms with Crippen molar-refractivity contribution in [2.45, 2.75) is 25.8 Å². The molecule has 3 aromatic rings. The molecule has 8 heteroatoms. The Morgan fingerprint density at radius 2 is 1.84 bits per heavy atom. The first-order valence-electron chi connectivity index (χ1n) is 10.3. The highest BCUT2D eigenvalue weighted by Crippen LogP contribution is 2.28. The molecule has 2 heterocycles. The van der Waals surface area contributed by atoms with Crippen molar-refractivity contribution in [3.63, 3.8) is 0 Å². The molecule has 1 aliphatic rings. The van der Waals surface area contributed by atoms with E-state index in [1.165, 1.54) is 0 Å². The number of rotatable bonds is 7. The number of imide groups is 1. The quantitative estimate of drug-likeness (QED) is 0.543. The van der Waals surface area contributed by atoms with E-state index >= 15 is 0 Å². The minimum Gasteiger partial charge on any atom is -0.354 e. The second kappa shape index (κ2) is 8.92. The van der Waals surface area contributed by atoms with Crippen LogP contribution in [0.5, 0.6) is 0 Å². The summed E-state index contributed by atoms with van der Waals surface area (Å²) in [6.45, 7) is 3.73. The van der Waals surface area contributed by atoms with E-state index in [0.717, 1.165) is 26.7 Å². The number of nitrogens with one attached hydrogen (secondary N) is 2. The predicted molar refractivity (Wildman–Crippen MR) is 123 cm³/mol. The summed E-state index contributed by atoms with van der Waals surface area (Å²) in [5, 5.41) is 8.56. The van der Waals surface area contributed by atoms with Gasteiger partial charge in [0.05, 0.1) is 10.7 Å². The summed E-state index contributed by atoms with van der Waals surface area (Å²) in [6, 6.07) is 16.5. The fraction of sp³-hybridized carbons (Fsp3) is 0.250. The molecule has 1 aromatic heterocycles. The molecule has 2 aromatic carbocycles. The largest absolute Gasteiger partial charge is 0.354 e. The summed E-state index contributed by atoms with van der Waals surface area (Å²) in [5.74, 6) is -0.808. The normalized spacial score (nSPS) is 18.0. The van der Waals surface area contributed by atoms with Gasteiger partial charge in [0.2, 0.25) is 5.91 Å². The van der Waals surface area contributed by atoms with Crippen LogP contribution in [0.15, 0.2) is 60.0 Å². The van der Waals surface area contributed by atoms with Crippen LogP contribution in [0.1, 0.15) is 23.1 Å². The number of hydrogen-bond donors (Lipinski definition) is 2. The van der Waals surface area contributed by atoms with Gasteiger partial charge >= 0.3 is 6.03 Å². The third kappa shape index (κ3) is 4.40. The fourth-order valence-corrected chi connectivity index (χ4v) is 4.31. The van der Waals surface area contributed by atoms with E-state index in [2.05, 4.69) is 15.6 Å². The molecule has 0 radical (unpaired) electrons. The number of amides is 4. The second-order valence-corrected chi connectivity index (χ2v) is 8.92. The standard InChI is InChI=1S/C24H24N4O3S/c1-16-26-20(15-32-16)18-10-8-17(9-11-18)12-13-25-21(29)14-28-22(30)24(2,27-23(28)31)19-6-4-3-5-7-19/h3-11,15H,12-14H2,1-2H3,(H,25,29)(H,27,31)/t24-/m0/s1. The number of aromatic nitrogens is 1. The van der Waals surface area contributed by atoms with Gasteiger partial charge in [-0.25, -0.2) is 9.78 Å². The Labute approximate surface area is 190 Å². The molecule has 0 saturated carbocycles. The van der Waals surface area contributed by atoms with Crippen LogP contribution in [0.2, 0.25) is 0 Å². The van der Waals surface area contributed by atoms with E-state index in [0.29, 0.717) is 18.5 Å². The highest BCUT2D eigenvalue weighted by molar-refractivity contribution is 7.09.